The van der Waals surface area contributed by atoms with Gasteiger partial charge in [0, 0.05) is 12.0 Å². The Labute approximate surface area is 100 Å². The Kier molecular flexibility index (Phi) is 2.14. The van der Waals surface area contributed by atoms with Crippen molar-refractivity contribution in [1.29, 1.82) is 0 Å². The lowest BCUT2D eigenvalue weighted by atomic mass is 10.1. The summed E-state index contributed by atoms with van der Waals surface area (Å²) in [4.78, 5) is 0. The minimum absolute atomic E-state index is 0.367. The molecule has 0 atom stereocenters. The number of hydrogen-bond acceptors (Lipinski definition) is 4. The molecule has 0 saturated carbocycles. The number of nitrogens with zero attached hydrogens (tertiary/aromatic N) is 1. The monoisotopic (exact) mass is 280 g/mol. The fraction of sp³-hybridized carbons (Fsp3) is 0.182. The van der Waals surface area contributed by atoms with E-state index < -0.39 is 0 Å². The summed E-state index contributed by atoms with van der Waals surface area (Å²) in [6.45, 7) is 0.749. The van der Waals surface area contributed by atoms with Crippen LogP contribution in [0.15, 0.2) is 27.2 Å². The largest absolute Gasteiger partial charge is 0.493 e. The van der Waals surface area contributed by atoms with Crippen molar-refractivity contribution in [3.05, 3.63) is 28.2 Å². The maximum absolute atomic E-state index is 5.61. The van der Waals surface area contributed by atoms with Gasteiger partial charge in [0.25, 0.3) is 0 Å². The lowest BCUT2D eigenvalue weighted by molar-refractivity contribution is 0.357. The van der Waals surface area contributed by atoms with Gasteiger partial charge in [-0.15, -0.1) is 0 Å². The Morgan fingerprint density at radius 1 is 1.38 bits per heavy atom. The molecule has 1 aromatic heterocycles. The molecule has 4 nitrogen and oxygen atoms in total. The van der Waals surface area contributed by atoms with Crippen LogP contribution in [0.3, 0.4) is 0 Å². The van der Waals surface area contributed by atoms with Gasteiger partial charge in [-0.1, -0.05) is 5.16 Å². The molecule has 0 amide bonds. The Morgan fingerprint density at radius 2 is 2.25 bits per heavy atom. The van der Waals surface area contributed by atoms with Gasteiger partial charge in [-0.05, 0) is 39.7 Å². The molecule has 16 heavy (non-hydrogen) atoms. The number of aromatic nitrogens is 1. The number of anilines is 1. The highest BCUT2D eigenvalue weighted by Crippen LogP contribution is 2.36. The summed E-state index contributed by atoms with van der Waals surface area (Å²) in [5, 5.41) is 3.71. The minimum atomic E-state index is 0.367. The first-order valence-electron chi connectivity index (χ1n) is 4.92. The first-order valence-corrected chi connectivity index (χ1v) is 5.72. The van der Waals surface area contributed by atoms with Crippen LogP contribution in [0.1, 0.15) is 5.56 Å². The number of nitrogens with two attached hydrogens (primary N) is 1. The summed E-state index contributed by atoms with van der Waals surface area (Å²) in [5.74, 6) is 1.98. The summed E-state index contributed by atoms with van der Waals surface area (Å²) in [6.07, 6.45) is 0.935. The first-order chi connectivity index (χ1) is 7.75. The van der Waals surface area contributed by atoms with Crippen LogP contribution in [-0.2, 0) is 6.42 Å². The van der Waals surface area contributed by atoms with Crippen LogP contribution < -0.4 is 10.5 Å². The molecule has 0 bridgehead atoms. The summed E-state index contributed by atoms with van der Waals surface area (Å²) < 4.78 is 11.3. The molecule has 1 aliphatic rings. The Morgan fingerprint density at radius 3 is 3.00 bits per heavy atom. The van der Waals surface area contributed by atoms with Crippen molar-refractivity contribution >= 4 is 21.7 Å². The molecule has 3 rings (SSSR count). The molecule has 0 unspecified atom stereocenters. The molecule has 0 radical (unpaired) electrons. The zero-order valence-electron chi connectivity index (χ0n) is 8.37. The van der Waals surface area contributed by atoms with Crippen LogP contribution in [0.5, 0.6) is 5.75 Å². The number of halogens is 1. The second-order valence-electron chi connectivity index (χ2n) is 3.63. The first kappa shape index (κ1) is 9.72. The number of hydrogen-bond donors (Lipinski definition) is 1. The molecule has 1 aromatic carbocycles. The summed E-state index contributed by atoms with van der Waals surface area (Å²) in [6, 6.07) is 5.94. The van der Waals surface area contributed by atoms with Crippen molar-refractivity contribution < 1.29 is 9.26 Å². The van der Waals surface area contributed by atoms with Crippen LogP contribution in [0.25, 0.3) is 11.3 Å². The average Bonchev–Trinajstić information content (AvgIpc) is 2.86. The Bertz CT molecular complexity index is 551. The number of benzene rings is 1. The van der Waals surface area contributed by atoms with Crippen molar-refractivity contribution in [2.75, 3.05) is 12.3 Å². The van der Waals surface area contributed by atoms with Crippen LogP contribution in [0.2, 0.25) is 0 Å². The number of ether oxygens (including phenoxy) is 1. The second-order valence-corrected chi connectivity index (χ2v) is 4.42. The van der Waals surface area contributed by atoms with Gasteiger partial charge >= 0.3 is 0 Å². The van der Waals surface area contributed by atoms with Gasteiger partial charge in [0.05, 0.1) is 6.61 Å². The van der Waals surface area contributed by atoms with Gasteiger partial charge in [-0.25, -0.2) is 0 Å². The van der Waals surface area contributed by atoms with Crippen LogP contribution in [0, 0.1) is 0 Å². The van der Waals surface area contributed by atoms with E-state index in [1.807, 2.05) is 18.2 Å². The molecule has 2 N–H and O–H groups in total. The highest BCUT2D eigenvalue weighted by Gasteiger charge is 2.17. The minimum Gasteiger partial charge on any atom is -0.493 e. The molecule has 0 spiro atoms. The smallest absolute Gasteiger partial charge is 0.183 e. The number of fused-ring (bicyclic) bond motifs is 1. The number of rotatable bonds is 1. The maximum atomic E-state index is 5.61. The van der Waals surface area contributed by atoms with E-state index in [9.17, 15) is 0 Å². The SMILES string of the molecule is Nc1noc(-c2ccc3c(c2)CCO3)c1Br. The number of nitrogen functional groups attached to an aromatic ring is 1. The molecule has 0 fully saturated rings. The summed E-state index contributed by atoms with van der Waals surface area (Å²) >= 11 is 3.36. The van der Waals surface area contributed by atoms with Crippen molar-refractivity contribution in [2.24, 2.45) is 0 Å². The van der Waals surface area contributed by atoms with Crippen molar-refractivity contribution in [3.8, 4) is 17.1 Å². The topological polar surface area (TPSA) is 61.3 Å². The molecule has 2 heterocycles. The van der Waals surface area contributed by atoms with Crippen LogP contribution >= 0.6 is 15.9 Å². The standard InChI is InChI=1S/C11H9BrN2O2/c12-9-10(16-14-11(9)13)7-1-2-8-6(5-7)3-4-15-8/h1-2,5H,3-4H2,(H2,13,14). The van der Waals surface area contributed by atoms with Crippen molar-refractivity contribution in [1.82, 2.24) is 5.16 Å². The quantitative estimate of drug-likeness (QED) is 0.872. The van der Waals surface area contributed by atoms with E-state index in [1.165, 1.54) is 5.56 Å². The molecule has 1 aliphatic heterocycles. The second kappa shape index (κ2) is 3.52. The third kappa shape index (κ3) is 1.39. The van der Waals surface area contributed by atoms with Crippen molar-refractivity contribution in [2.45, 2.75) is 6.42 Å². The van der Waals surface area contributed by atoms with E-state index in [4.69, 9.17) is 15.0 Å². The molecule has 82 valence electrons. The zero-order valence-corrected chi connectivity index (χ0v) is 9.95. The van der Waals surface area contributed by atoms with Crippen molar-refractivity contribution in [3.63, 3.8) is 0 Å². The molecule has 2 aromatic rings. The van der Waals surface area contributed by atoms with E-state index in [1.54, 1.807) is 0 Å². The maximum Gasteiger partial charge on any atom is 0.183 e. The molecule has 5 heteroatoms. The third-order valence-electron chi connectivity index (χ3n) is 2.61. The predicted molar refractivity (Wildman–Crippen MR) is 63.3 cm³/mol. The van der Waals surface area contributed by atoms with E-state index in [-0.39, 0.29) is 0 Å². The van der Waals surface area contributed by atoms with E-state index in [0.29, 0.717) is 16.1 Å². The van der Waals surface area contributed by atoms with E-state index in [0.717, 1.165) is 24.3 Å². The third-order valence-corrected chi connectivity index (χ3v) is 3.38. The fourth-order valence-electron chi connectivity index (χ4n) is 1.80. The van der Waals surface area contributed by atoms with Crippen LogP contribution in [0.4, 0.5) is 5.82 Å². The summed E-state index contributed by atoms with van der Waals surface area (Å²) in [7, 11) is 0. The van der Waals surface area contributed by atoms with Gasteiger partial charge in [-0.3, -0.25) is 0 Å². The predicted octanol–water partition coefficient (Wildman–Crippen LogP) is 2.62. The molecule has 0 saturated heterocycles. The Hall–Kier alpha value is -1.49. The Balaban J connectivity index is 2.10. The van der Waals surface area contributed by atoms with E-state index >= 15 is 0 Å². The molecule has 0 aliphatic carbocycles. The van der Waals surface area contributed by atoms with Crippen LogP contribution in [-0.4, -0.2) is 11.8 Å². The van der Waals surface area contributed by atoms with Gasteiger partial charge < -0.3 is 15.0 Å². The average molecular weight is 281 g/mol. The highest BCUT2D eigenvalue weighted by molar-refractivity contribution is 9.10. The molecular weight excluding hydrogens is 272 g/mol. The highest BCUT2D eigenvalue weighted by atomic mass is 79.9. The summed E-state index contributed by atoms with van der Waals surface area (Å²) in [5.41, 5.74) is 7.77. The van der Waals surface area contributed by atoms with E-state index in [2.05, 4.69) is 21.1 Å². The van der Waals surface area contributed by atoms with Gasteiger partial charge in [-0.2, -0.15) is 0 Å². The van der Waals surface area contributed by atoms with Gasteiger partial charge in [0.2, 0.25) is 0 Å². The van der Waals surface area contributed by atoms with Gasteiger partial charge in [0.15, 0.2) is 11.6 Å². The fourth-order valence-corrected chi connectivity index (χ4v) is 2.17. The van der Waals surface area contributed by atoms with Gasteiger partial charge in [0.1, 0.15) is 10.2 Å². The lowest BCUT2D eigenvalue weighted by Crippen LogP contribution is -1.85. The normalized spacial score (nSPS) is 13.6. The molecular formula is C11H9BrN2O2. The zero-order chi connectivity index (χ0) is 11.1. The lowest BCUT2D eigenvalue weighted by Gasteiger charge is -2.01.